The van der Waals surface area contributed by atoms with Gasteiger partial charge in [-0.05, 0) is 5.41 Å². The zero-order valence-electron chi connectivity index (χ0n) is 10.9. The van der Waals surface area contributed by atoms with Crippen molar-refractivity contribution in [3.63, 3.8) is 0 Å². The summed E-state index contributed by atoms with van der Waals surface area (Å²) in [7, 11) is 1.34. The lowest BCUT2D eigenvalue weighted by atomic mass is 9.82. The van der Waals surface area contributed by atoms with Crippen molar-refractivity contribution in [2.45, 2.75) is 26.8 Å². The molecule has 0 amide bonds. The number of nitro groups is 1. The maximum absolute atomic E-state index is 10.8. The number of rotatable bonds is 3. The van der Waals surface area contributed by atoms with E-state index in [0.29, 0.717) is 5.56 Å². The molecule has 0 fully saturated rings. The molecule has 0 aromatic heterocycles. The van der Waals surface area contributed by atoms with Crippen LogP contribution in [0.2, 0.25) is 0 Å². The van der Waals surface area contributed by atoms with Crippen LogP contribution in [0.15, 0.2) is 12.1 Å². The van der Waals surface area contributed by atoms with Gasteiger partial charge in [0.25, 0.3) is 5.69 Å². The molecule has 0 aliphatic heterocycles. The van der Waals surface area contributed by atoms with Gasteiger partial charge in [0.05, 0.1) is 18.1 Å². The predicted molar refractivity (Wildman–Crippen MR) is 67.7 cm³/mol. The largest absolute Gasteiger partial charge is 0.504 e. The number of hydrogen-bond acceptors (Lipinski definition) is 5. The monoisotopic (exact) mass is 254 g/mol. The molecule has 0 unspecified atom stereocenters. The summed E-state index contributed by atoms with van der Waals surface area (Å²) in [6, 6.07) is 1.92. The van der Waals surface area contributed by atoms with Crippen LogP contribution >= 0.6 is 0 Å². The van der Waals surface area contributed by atoms with Crippen molar-refractivity contribution in [3.05, 3.63) is 27.8 Å². The van der Waals surface area contributed by atoms with E-state index in [1.807, 2.05) is 20.8 Å². The first-order chi connectivity index (χ1) is 8.18. The van der Waals surface area contributed by atoms with Crippen molar-refractivity contribution in [1.29, 1.82) is 0 Å². The molecule has 0 aliphatic rings. The van der Waals surface area contributed by atoms with Gasteiger partial charge in [-0.15, -0.1) is 0 Å². The molecule has 1 atom stereocenters. The van der Waals surface area contributed by atoms with Gasteiger partial charge in [0, 0.05) is 17.7 Å². The van der Waals surface area contributed by atoms with Gasteiger partial charge in [-0.25, -0.2) is 0 Å². The Labute approximate surface area is 106 Å². The average Bonchev–Trinajstić information content (AvgIpc) is 2.26. The average molecular weight is 254 g/mol. The number of hydrogen-bond donors (Lipinski definition) is 2. The molecule has 0 heterocycles. The number of benzene rings is 1. The molecule has 6 heteroatoms. The van der Waals surface area contributed by atoms with Gasteiger partial charge in [-0.2, -0.15) is 0 Å². The van der Waals surface area contributed by atoms with Crippen LogP contribution in [0.3, 0.4) is 0 Å². The van der Waals surface area contributed by atoms with Gasteiger partial charge in [0.2, 0.25) is 0 Å². The first-order valence-electron chi connectivity index (χ1n) is 5.49. The Balaban J connectivity index is 3.42. The molecule has 0 aliphatic carbocycles. The van der Waals surface area contributed by atoms with Crippen LogP contribution in [0.1, 0.15) is 32.4 Å². The molecule has 0 bridgehead atoms. The first-order valence-corrected chi connectivity index (χ1v) is 5.49. The zero-order chi connectivity index (χ0) is 14.1. The Bertz CT molecular complexity index is 466. The minimum atomic E-state index is -0.541. The summed E-state index contributed by atoms with van der Waals surface area (Å²) >= 11 is 0. The third-order valence-corrected chi connectivity index (χ3v) is 2.79. The fourth-order valence-electron chi connectivity index (χ4n) is 1.58. The van der Waals surface area contributed by atoms with Crippen LogP contribution in [0.4, 0.5) is 5.69 Å². The van der Waals surface area contributed by atoms with Crippen LogP contribution in [-0.4, -0.2) is 17.1 Å². The number of phenolic OH excluding ortho intramolecular Hbond substituents is 1. The Hall–Kier alpha value is -1.82. The van der Waals surface area contributed by atoms with E-state index in [1.165, 1.54) is 19.2 Å². The fraction of sp³-hybridized carbons (Fsp3) is 0.500. The van der Waals surface area contributed by atoms with Crippen LogP contribution in [0.5, 0.6) is 11.5 Å². The highest BCUT2D eigenvalue weighted by Crippen LogP contribution is 2.42. The molecule has 100 valence electrons. The van der Waals surface area contributed by atoms with Gasteiger partial charge in [0.1, 0.15) is 0 Å². The standard InChI is InChI=1S/C12H18N2O4/c1-12(2,3)11(13)8-5-7(14(16)17)6-9(18-4)10(8)15/h5-6,11,15H,13H2,1-4H3/t11-/m1/s1. The lowest BCUT2D eigenvalue weighted by Gasteiger charge is -2.28. The SMILES string of the molecule is COc1cc([N+](=O)[O-])cc([C@@H](N)C(C)(C)C)c1O. The van der Waals surface area contributed by atoms with Gasteiger partial charge in [0.15, 0.2) is 11.5 Å². The highest BCUT2D eigenvalue weighted by Gasteiger charge is 2.28. The molecule has 6 nitrogen and oxygen atoms in total. The van der Waals surface area contributed by atoms with E-state index < -0.39 is 11.0 Å². The third-order valence-electron chi connectivity index (χ3n) is 2.79. The minimum Gasteiger partial charge on any atom is -0.504 e. The van der Waals surface area contributed by atoms with Crippen LogP contribution in [0, 0.1) is 15.5 Å². The van der Waals surface area contributed by atoms with Crippen molar-refractivity contribution in [2.24, 2.45) is 11.1 Å². The minimum absolute atomic E-state index is 0.0545. The number of non-ortho nitro benzene ring substituents is 1. The summed E-state index contributed by atoms with van der Waals surface area (Å²) in [6.07, 6.45) is 0. The van der Waals surface area contributed by atoms with Gasteiger partial charge in [-0.1, -0.05) is 20.8 Å². The van der Waals surface area contributed by atoms with Gasteiger partial charge >= 0.3 is 0 Å². The number of nitrogens with two attached hydrogens (primary N) is 1. The van der Waals surface area contributed by atoms with Crippen molar-refractivity contribution in [1.82, 2.24) is 0 Å². The lowest BCUT2D eigenvalue weighted by Crippen LogP contribution is -2.26. The number of aromatic hydroxyl groups is 1. The summed E-state index contributed by atoms with van der Waals surface area (Å²) in [6.45, 7) is 5.67. The molecule has 0 saturated heterocycles. The van der Waals surface area contributed by atoms with E-state index in [1.54, 1.807) is 0 Å². The second-order valence-electron chi connectivity index (χ2n) is 5.19. The number of phenols is 1. The lowest BCUT2D eigenvalue weighted by molar-refractivity contribution is -0.385. The fourth-order valence-corrected chi connectivity index (χ4v) is 1.58. The number of methoxy groups -OCH3 is 1. The summed E-state index contributed by atoms with van der Waals surface area (Å²) in [5.74, 6) is -0.0931. The van der Waals surface area contributed by atoms with Crippen LogP contribution < -0.4 is 10.5 Å². The maximum Gasteiger partial charge on any atom is 0.273 e. The quantitative estimate of drug-likeness (QED) is 0.637. The summed E-state index contributed by atoms with van der Waals surface area (Å²) in [4.78, 5) is 10.3. The van der Waals surface area contributed by atoms with Crippen molar-refractivity contribution >= 4 is 5.69 Å². The normalized spacial score (nSPS) is 13.2. The highest BCUT2D eigenvalue weighted by molar-refractivity contribution is 5.54. The molecule has 18 heavy (non-hydrogen) atoms. The molecular formula is C12H18N2O4. The van der Waals surface area contributed by atoms with E-state index >= 15 is 0 Å². The molecule has 1 aromatic rings. The van der Waals surface area contributed by atoms with E-state index in [-0.39, 0.29) is 22.6 Å². The van der Waals surface area contributed by atoms with E-state index in [9.17, 15) is 15.2 Å². The van der Waals surface area contributed by atoms with Crippen molar-refractivity contribution in [2.75, 3.05) is 7.11 Å². The summed E-state index contributed by atoms with van der Waals surface area (Å²) in [5, 5.41) is 20.8. The number of ether oxygens (including phenoxy) is 1. The molecule has 3 N–H and O–H groups in total. The Morgan fingerprint density at radius 3 is 2.39 bits per heavy atom. The second-order valence-corrected chi connectivity index (χ2v) is 5.19. The van der Waals surface area contributed by atoms with E-state index in [2.05, 4.69) is 0 Å². The summed E-state index contributed by atoms with van der Waals surface area (Å²) in [5.41, 5.74) is 5.85. The molecule has 1 rings (SSSR count). The van der Waals surface area contributed by atoms with Crippen molar-refractivity contribution in [3.8, 4) is 11.5 Å². The Kier molecular flexibility index (Phi) is 3.81. The molecular weight excluding hydrogens is 236 g/mol. The first kappa shape index (κ1) is 14.2. The number of nitrogens with zero attached hydrogens (tertiary/aromatic N) is 1. The van der Waals surface area contributed by atoms with Crippen LogP contribution in [-0.2, 0) is 0 Å². The second kappa shape index (κ2) is 4.81. The highest BCUT2D eigenvalue weighted by atomic mass is 16.6. The van der Waals surface area contributed by atoms with Crippen molar-refractivity contribution < 1.29 is 14.8 Å². The smallest absolute Gasteiger partial charge is 0.273 e. The number of nitro benzene ring substituents is 1. The topological polar surface area (TPSA) is 98.6 Å². The Morgan fingerprint density at radius 1 is 1.44 bits per heavy atom. The molecule has 1 aromatic carbocycles. The molecule has 0 spiro atoms. The Morgan fingerprint density at radius 2 is 2.00 bits per heavy atom. The van der Waals surface area contributed by atoms with E-state index in [4.69, 9.17) is 10.5 Å². The predicted octanol–water partition coefficient (Wildman–Crippen LogP) is 2.35. The van der Waals surface area contributed by atoms with Gasteiger partial charge in [-0.3, -0.25) is 10.1 Å². The zero-order valence-corrected chi connectivity index (χ0v) is 10.9. The van der Waals surface area contributed by atoms with E-state index in [0.717, 1.165) is 0 Å². The van der Waals surface area contributed by atoms with Crippen LogP contribution in [0.25, 0.3) is 0 Å². The maximum atomic E-state index is 10.8. The summed E-state index contributed by atoms with van der Waals surface area (Å²) < 4.78 is 4.93. The molecule has 0 saturated carbocycles. The van der Waals surface area contributed by atoms with Gasteiger partial charge < -0.3 is 15.6 Å². The third kappa shape index (κ3) is 2.70. The molecule has 0 radical (unpaired) electrons.